The maximum Gasteiger partial charge on any atom is 0.262 e. The fraction of sp³-hybridized carbons (Fsp3) is 0.222. The highest BCUT2D eigenvalue weighted by Crippen LogP contribution is 2.25. The van der Waals surface area contributed by atoms with Gasteiger partial charge in [-0.05, 0) is 79.4 Å². The van der Waals surface area contributed by atoms with Gasteiger partial charge in [-0.3, -0.25) is 9.36 Å². The van der Waals surface area contributed by atoms with Crippen LogP contribution < -0.4 is 4.74 Å². The first-order valence-corrected chi connectivity index (χ1v) is 11.0. The molecule has 0 bridgehead atoms. The van der Waals surface area contributed by atoms with E-state index in [0.29, 0.717) is 17.1 Å². The van der Waals surface area contributed by atoms with Crippen LogP contribution in [0.25, 0.3) is 16.6 Å². The van der Waals surface area contributed by atoms with E-state index in [9.17, 15) is 4.79 Å². The van der Waals surface area contributed by atoms with Gasteiger partial charge in [0.05, 0.1) is 12.6 Å². The monoisotopic (exact) mass is 447 g/mol. The number of aryl methyl sites for hydroxylation is 2. The lowest BCUT2D eigenvalue weighted by atomic mass is 10.1. The molecule has 4 aromatic rings. The molecule has 166 valence electrons. The molecule has 0 amide bonds. The third kappa shape index (κ3) is 5.58. The molecule has 4 rings (SSSR count). The minimum absolute atomic E-state index is 0.0654. The summed E-state index contributed by atoms with van der Waals surface area (Å²) in [6, 6.07) is 23.1. The second kappa shape index (κ2) is 11.0. The lowest BCUT2D eigenvalue weighted by Gasteiger charge is -2.07. The quantitative estimate of drug-likeness (QED) is 0.326. The maximum absolute atomic E-state index is 12.7. The molecule has 3 aromatic carbocycles. The van der Waals surface area contributed by atoms with Gasteiger partial charge in [-0.1, -0.05) is 42.8 Å². The van der Waals surface area contributed by atoms with Crippen LogP contribution in [-0.4, -0.2) is 24.1 Å². The third-order valence-corrected chi connectivity index (χ3v) is 5.55. The molecule has 0 aliphatic heterocycles. The van der Waals surface area contributed by atoms with E-state index >= 15 is 0 Å². The molecule has 0 unspecified atom stereocenters. The van der Waals surface area contributed by atoms with Gasteiger partial charge in [-0.15, -0.1) is 6.54 Å². The summed E-state index contributed by atoms with van der Waals surface area (Å²) in [5, 5.41) is 1.60. The number of nitrogens with zero attached hydrogens (tertiary/aromatic N) is 1. The number of ether oxygens (including phenoxy) is 1. The summed E-state index contributed by atoms with van der Waals surface area (Å²) < 4.78 is 6.93. The van der Waals surface area contributed by atoms with Crippen molar-refractivity contribution in [3.05, 3.63) is 106 Å². The van der Waals surface area contributed by atoms with Crippen LogP contribution in [0.2, 0.25) is 5.02 Å². The standard InChI is InChI=1S/C17H14ClNO2.C10H14N/c1-11-9-13-10-15(21-2)7-8-16(13)19(11)17(20)12-3-5-14(18)6-4-12;1-2-9-4-3-5-10(8-9)6-7-11/h3-10H,1-2H3;3-5,8,11H,2,6-7H2,1H3/q;-1. The van der Waals surface area contributed by atoms with E-state index in [0.717, 1.165) is 35.2 Å². The number of rotatable bonds is 5. The number of halogens is 1. The normalized spacial score (nSPS) is 10.5. The summed E-state index contributed by atoms with van der Waals surface area (Å²) in [6.07, 6.45) is 1.97. The van der Waals surface area contributed by atoms with Gasteiger partial charge in [0.25, 0.3) is 5.91 Å². The molecule has 0 aliphatic rings. The van der Waals surface area contributed by atoms with Crippen LogP contribution in [0.5, 0.6) is 5.75 Å². The van der Waals surface area contributed by atoms with Crippen molar-refractivity contribution in [3.63, 3.8) is 0 Å². The van der Waals surface area contributed by atoms with Crippen molar-refractivity contribution in [1.82, 2.24) is 4.57 Å². The van der Waals surface area contributed by atoms with Crippen molar-refractivity contribution in [2.24, 2.45) is 0 Å². The Kier molecular flexibility index (Phi) is 8.09. The Hall–Kier alpha value is -3.08. The molecule has 5 heteroatoms. The Morgan fingerprint density at radius 1 is 1.00 bits per heavy atom. The van der Waals surface area contributed by atoms with Crippen molar-refractivity contribution >= 4 is 28.4 Å². The molecule has 0 fully saturated rings. The molecule has 0 saturated carbocycles. The van der Waals surface area contributed by atoms with Gasteiger partial charge in [-0.2, -0.15) is 0 Å². The number of fused-ring (bicyclic) bond motifs is 1. The molecule has 0 saturated heterocycles. The van der Waals surface area contributed by atoms with E-state index in [2.05, 4.69) is 31.2 Å². The maximum atomic E-state index is 12.7. The zero-order chi connectivity index (χ0) is 23.1. The molecule has 4 nitrogen and oxygen atoms in total. The molecule has 1 N–H and O–H groups in total. The second-order valence-corrected chi connectivity index (χ2v) is 7.97. The van der Waals surface area contributed by atoms with Crippen LogP contribution in [0.1, 0.15) is 34.1 Å². The molecular weight excluding hydrogens is 420 g/mol. The first-order valence-electron chi connectivity index (χ1n) is 10.7. The smallest absolute Gasteiger partial charge is 0.262 e. The summed E-state index contributed by atoms with van der Waals surface area (Å²) in [6.45, 7) is 4.56. The molecular formula is C27H28ClN2O2-. The summed E-state index contributed by atoms with van der Waals surface area (Å²) in [4.78, 5) is 12.7. The number of methoxy groups -OCH3 is 1. The lowest BCUT2D eigenvalue weighted by Crippen LogP contribution is -2.13. The Labute approximate surface area is 194 Å². The number of nitrogens with one attached hydrogen (secondary N) is 1. The van der Waals surface area contributed by atoms with Gasteiger partial charge in [0.2, 0.25) is 0 Å². The number of carbonyl (C=O) groups excluding carboxylic acids is 1. The Bertz CT molecular complexity index is 1200. The molecule has 32 heavy (non-hydrogen) atoms. The summed E-state index contributed by atoms with van der Waals surface area (Å²) in [5.41, 5.74) is 12.1. The van der Waals surface area contributed by atoms with E-state index in [1.165, 1.54) is 11.1 Å². The molecule has 1 heterocycles. The van der Waals surface area contributed by atoms with E-state index in [1.807, 2.05) is 31.2 Å². The van der Waals surface area contributed by atoms with Crippen molar-refractivity contribution in [1.29, 1.82) is 0 Å². The highest BCUT2D eigenvalue weighted by molar-refractivity contribution is 6.30. The van der Waals surface area contributed by atoms with Gasteiger partial charge in [0.15, 0.2) is 0 Å². The summed E-state index contributed by atoms with van der Waals surface area (Å²) in [5.74, 6) is 0.711. The van der Waals surface area contributed by atoms with Crippen LogP contribution in [0.3, 0.4) is 0 Å². The van der Waals surface area contributed by atoms with Crippen molar-refractivity contribution in [2.45, 2.75) is 26.7 Å². The Morgan fingerprint density at radius 2 is 1.72 bits per heavy atom. The number of hydrogen-bond acceptors (Lipinski definition) is 2. The average Bonchev–Trinajstić information content (AvgIpc) is 3.14. The second-order valence-electron chi connectivity index (χ2n) is 7.53. The molecule has 0 spiro atoms. The number of carbonyl (C=O) groups is 1. The summed E-state index contributed by atoms with van der Waals surface area (Å²) >= 11 is 5.87. The number of hydrogen-bond donors (Lipinski definition) is 0. The van der Waals surface area contributed by atoms with Gasteiger partial charge in [0, 0.05) is 21.7 Å². The average molecular weight is 448 g/mol. The highest BCUT2D eigenvalue weighted by Gasteiger charge is 2.15. The van der Waals surface area contributed by atoms with Crippen LogP contribution >= 0.6 is 11.6 Å². The Morgan fingerprint density at radius 3 is 2.38 bits per heavy atom. The zero-order valence-electron chi connectivity index (χ0n) is 18.7. The van der Waals surface area contributed by atoms with Gasteiger partial charge in [-0.25, -0.2) is 0 Å². The summed E-state index contributed by atoms with van der Waals surface area (Å²) in [7, 11) is 1.63. The predicted molar refractivity (Wildman–Crippen MR) is 133 cm³/mol. The lowest BCUT2D eigenvalue weighted by molar-refractivity contribution is 0.0963. The van der Waals surface area contributed by atoms with E-state index in [1.54, 1.807) is 35.9 Å². The van der Waals surface area contributed by atoms with Crippen molar-refractivity contribution in [3.8, 4) is 5.75 Å². The molecule has 0 atom stereocenters. The van der Waals surface area contributed by atoms with Gasteiger partial charge < -0.3 is 10.5 Å². The first-order chi connectivity index (χ1) is 15.5. The van der Waals surface area contributed by atoms with Crippen molar-refractivity contribution in [2.75, 3.05) is 13.7 Å². The number of benzene rings is 3. The number of aromatic nitrogens is 1. The van der Waals surface area contributed by atoms with E-state index in [4.69, 9.17) is 22.1 Å². The first kappa shape index (κ1) is 23.6. The molecule has 0 aliphatic carbocycles. The fourth-order valence-electron chi connectivity index (χ4n) is 3.60. The van der Waals surface area contributed by atoms with Crippen LogP contribution in [-0.2, 0) is 12.8 Å². The third-order valence-electron chi connectivity index (χ3n) is 5.30. The Balaban J connectivity index is 0.000000222. The topological polar surface area (TPSA) is 55.0 Å². The highest BCUT2D eigenvalue weighted by atomic mass is 35.5. The predicted octanol–water partition coefficient (Wildman–Crippen LogP) is 7.14. The van der Waals surface area contributed by atoms with Crippen LogP contribution in [0.4, 0.5) is 0 Å². The minimum Gasteiger partial charge on any atom is -0.677 e. The molecule has 1 aromatic heterocycles. The van der Waals surface area contributed by atoms with E-state index in [-0.39, 0.29) is 5.91 Å². The molecule has 0 radical (unpaired) electrons. The van der Waals surface area contributed by atoms with Crippen LogP contribution in [0.15, 0.2) is 72.8 Å². The fourth-order valence-corrected chi connectivity index (χ4v) is 3.72. The van der Waals surface area contributed by atoms with Gasteiger partial charge >= 0.3 is 0 Å². The van der Waals surface area contributed by atoms with Crippen molar-refractivity contribution < 1.29 is 9.53 Å². The SMILES string of the molecule is CCc1cccc(CC[NH-])c1.COc1ccc2c(c1)cc(C)n2C(=O)c1ccc(Cl)cc1. The minimum atomic E-state index is -0.0654. The largest absolute Gasteiger partial charge is 0.677 e. The zero-order valence-corrected chi connectivity index (χ0v) is 19.4. The van der Waals surface area contributed by atoms with Crippen LogP contribution in [0, 0.1) is 6.92 Å². The van der Waals surface area contributed by atoms with Gasteiger partial charge in [0.1, 0.15) is 5.75 Å². The van der Waals surface area contributed by atoms with E-state index < -0.39 is 0 Å².